The van der Waals surface area contributed by atoms with Gasteiger partial charge < -0.3 is 4.57 Å². The Bertz CT molecular complexity index is 259. The minimum absolute atomic E-state index is 0.870. The van der Waals surface area contributed by atoms with Gasteiger partial charge in [-0.25, -0.2) is 4.98 Å². The third-order valence-corrected chi connectivity index (χ3v) is 1.25. The summed E-state index contributed by atoms with van der Waals surface area (Å²) in [6, 6.07) is 0. The molecule has 0 saturated carbocycles. The van der Waals surface area contributed by atoms with Crippen LogP contribution in [-0.2, 0) is 0 Å². The average molecular weight is 164 g/mol. The van der Waals surface area contributed by atoms with Crippen LogP contribution in [0.4, 0.5) is 0 Å². The van der Waals surface area contributed by atoms with Gasteiger partial charge in [-0.2, -0.15) is 0 Å². The molecule has 12 heavy (non-hydrogen) atoms. The Morgan fingerprint density at radius 1 is 1.58 bits per heavy atom. The first-order valence-corrected chi connectivity index (χ1v) is 4.07. The van der Waals surface area contributed by atoms with Gasteiger partial charge in [-0.3, -0.25) is 0 Å². The lowest BCUT2D eigenvalue weighted by Crippen LogP contribution is -1.90. The van der Waals surface area contributed by atoms with Gasteiger partial charge in [-0.15, -0.1) is 0 Å². The van der Waals surface area contributed by atoms with E-state index in [1.165, 1.54) is 0 Å². The van der Waals surface area contributed by atoms with Gasteiger partial charge in [-0.1, -0.05) is 27.0 Å². The van der Waals surface area contributed by atoms with E-state index in [0.717, 1.165) is 11.4 Å². The van der Waals surface area contributed by atoms with Crippen LogP contribution in [0.1, 0.15) is 26.6 Å². The zero-order chi connectivity index (χ0) is 9.56. The van der Waals surface area contributed by atoms with E-state index in [1.807, 2.05) is 31.5 Å². The zero-order valence-corrected chi connectivity index (χ0v) is 8.04. The molecule has 2 nitrogen and oxygen atoms in total. The molecule has 0 N–H and O–H groups in total. The van der Waals surface area contributed by atoms with Crippen molar-refractivity contribution in [1.82, 2.24) is 9.55 Å². The second kappa shape index (κ2) is 5.35. The largest absolute Gasteiger partial charge is 0.308 e. The molecule has 0 radical (unpaired) electrons. The first-order valence-electron chi connectivity index (χ1n) is 4.07. The molecule has 1 rings (SSSR count). The van der Waals surface area contributed by atoms with Gasteiger partial charge in [0, 0.05) is 18.6 Å². The third-order valence-electron chi connectivity index (χ3n) is 1.25. The van der Waals surface area contributed by atoms with Gasteiger partial charge >= 0.3 is 0 Å². The monoisotopic (exact) mass is 164 g/mol. The van der Waals surface area contributed by atoms with E-state index < -0.39 is 0 Å². The van der Waals surface area contributed by atoms with E-state index in [1.54, 1.807) is 12.4 Å². The summed E-state index contributed by atoms with van der Waals surface area (Å²) in [5.74, 6) is 0.870. The van der Waals surface area contributed by atoms with Gasteiger partial charge in [0.1, 0.15) is 5.82 Å². The van der Waals surface area contributed by atoms with Crippen molar-refractivity contribution < 1.29 is 0 Å². The molecule has 0 fully saturated rings. The third kappa shape index (κ3) is 2.38. The van der Waals surface area contributed by atoms with Crippen LogP contribution in [-0.4, -0.2) is 9.55 Å². The summed E-state index contributed by atoms with van der Waals surface area (Å²) in [5.41, 5.74) is 0.949. The van der Waals surface area contributed by atoms with Crippen LogP contribution in [0.2, 0.25) is 0 Å². The first kappa shape index (κ1) is 10.7. The molecule has 1 aromatic heterocycles. The molecule has 1 aromatic rings. The molecule has 1 heterocycles. The van der Waals surface area contributed by atoms with Crippen LogP contribution in [0.3, 0.4) is 0 Å². The molecule has 0 aromatic carbocycles. The number of allylic oxidation sites excluding steroid dienone is 1. The predicted molar refractivity (Wildman–Crippen MR) is 54.7 cm³/mol. The molecule has 2 heteroatoms. The molecule has 0 aliphatic heterocycles. The topological polar surface area (TPSA) is 17.8 Å². The van der Waals surface area contributed by atoms with Crippen LogP contribution < -0.4 is 0 Å². The van der Waals surface area contributed by atoms with Crippen molar-refractivity contribution in [3.8, 4) is 0 Å². The fourth-order valence-electron chi connectivity index (χ4n) is 0.791. The Kier molecular flexibility index (Phi) is 4.77. The highest BCUT2D eigenvalue weighted by molar-refractivity contribution is 5.56. The molecular formula is C10H16N2. The van der Waals surface area contributed by atoms with Gasteiger partial charge in [0.15, 0.2) is 0 Å². The van der Waals surface area contributed by atoms with Gasteiger partial charge in [0.25, 0.3) is 0 Å². The highest BCUT2D eigenvalue weighted by Crippen LogP contribution is 2.07. The molecule has 0 spiro atoms. The van der Waals surface area contributed by atoms with Crippen LogP contribution in [0.15, 0.2) is 25.6 Å². The standard InChI is InChI=1S/C8H10N2.C2H6/c1-4-10-6-5-9-8(10)7(2)3;1-2/h4-6H,1-2H2,3H3;1-2H3. The Morgan fingerprint density at radius 3 is 2.50 bits per heavy atom. The summed E-state index contributed by atoms with van der Waals surface area (Å²) < 4.78 is 1.84. The van der Waals surface area contributed by atoms with Crippen molar-refractivity contribution in [3.05, 3.63) is 31.4 Å². The number of aromatic nitrogens is 2. The lowest BCUT2D eigenvalue weighted by atomic mass is 10.3. The summed E-state index contributed by atoms with van der Waals surface area (Å²) in [4.78, 5) is 4.08. The minimum Gasteiger partial charge on any atom is -0.308 e. The minimum atomic E-state index is 0.870. The molecule has 0 atom stereocenters. The van der Waals surface area contributed by atoms with Crippen molar-refractivity contribution in [2.45, 2.75) is 20.8 Å². The maximum absolute atomic E-state index is 4.08. The summed E-state index contributed by atoms with van der Waals surface area (Å²) in [6.07, 6.45) is 5.28. The van der Waals surface area contributed by atoms with E-state index in [9.17, 15) is 0 Å². The average Bonchev–Trinajstić information content (AvgIpc) is 2.55. The summed E-state index contributed by atoms with van der Waals surface area (Å²) in [5, 5.41) is 0. The first-order chi connectivity index (χ1) is 5.75. The molecular weight excluding hydrogens is 148 g/mol. The highest BCUT2D eigenvalue weighted by atomic mass is 15.0. The lowest BCUT2D eigenvalue weighted by molar-refractivity contribution is 1.09. The Balaban J connectivity index is 0.000000561. The van der Waals surface area contributed by atoms with Crippen LogP contribution >= 0.6 is 0 Å². The number of hydrogen-bond donors (Lipinski definition) is 0. The van der Waals surface area contributed by atoms with Crippen molar-refractivity contribution in [1.29, 1.82) is 0 Å². The van der Waals surface area contributed by atoms with Crippen molar-refractivity contribution in [3.63, 3.8) is 0 Å². The summed E-state index contributed by atoms with van der Waals surface area (Å²) >= 11 is 0. The molecule has 0 amide bonds. The van der Waals surface area contributed by atoms with Crippen LogP contribution in [0, 0.1) is 0 Å². The smallest absolute Gasteiger partial charge is 0.138 e. The Hall–Kier alpha value is -1.31. The molecule has 0 aliphatic rings. The molecule has 0 saturated heterocycles. The van der Waals surface area contributed by atoms with Gasteiger partial charge in [-0.05, 0) is 12.5 Å². The van der Waals surface area contributed by atoms with E-state index in [0.29, 0.717) is 0 Å². The number of imidazole rings is 1. The maximum atomic E-state index is 4.08. The molecule has 66 valence electrons. The Labute approximate surface area is 74.3 Å². The van der Waals surface area contributed by atoms with Crippen molar-refractivity contribution in [2.24, 2.45) is 0 Å². The SMILES string of the molecule is C=Cn1ccnc1C(=C)C.CC. The van der Waals surface area contributed by atoms with Crippen molar-refractivity contribution >= 4 is 11.8 Å². The number of rotatable bonds is 2. The fourth-order valence-corrected chi connectivity index (χ4v) is 0.791. The fraction of sp³-hybridized carbons (Fsp3) is 0.300. The number of nitrogens with zero attached hydrogens (tertiary/aromatic N) is 2. The summed E-state index contributed by atoms with van der Waals surface area (Å²) in [6.45, 7) is 13.3. The van der Waals surface area contributed by atoms with E-state index >= 15 is 0 Å². The van der Waals surface area contributed by atoms with Gasteiger partial charge in [0.2, 0.25) is 0 Å². The highest BCUT2D eigenvalue weighted by Gasteiger charge is 1.97. The lowest BCUT2D eigenvalue weighted by Gasteiger charge is -1.98. The Morgan fingerprint density at radius 2 is 2.17 bits per heavy atom. The van der Waals surface area contributed by atoms with E-state index in [-0.39, 0.29) is 0 Å². The zero-order valence-electron chi connectivity index (χ0n) is 8.04. The quantitative estimate of drug-likeness (QED) is 0.657. The van der Waals surface area contributed by atoms with E-state index in [4.69, 9.17) is 0 Å². The second-order valence-corrected chi connectivity index (χ2v) is 2.12. The van der Waals surface area contributed by atoms with Crippen LogP contribution in [0.25, 0.3) is 11.8 Å². The predicted octanol–water partition coefficient (Wildman–Crippen LogP) is 3.04. The number of hydrogen-bond acceptors (Lipinski definition) is 1. The molecule has 0 bridgehead atoms. The second-order valence-electron chi connectivity index (χ2n) is 2.12. The van der Waals surface area contributed by atoms with Crippen LogP contribution in [0.5, 0.6) is 0 Å². The van der Waals surface area contributed by atoms with Gasteiger partial charge in [0.05, 0.1) is 0 Å². The summed E-state index contributed by atoms with van der Waals surface area (Å²) in [7, 11) is 0. The molecule has 0 aliphatic carbocycles. The van der Waals surface area contributed by atoms with E-state index in [2.05, 4.69) is 18.1 Å². The maximum Gasteiger partial charge on any atom is 0.138 e. The normalized spacial score (nSPS) is 8.25. The molecule has 0 unspecified atom stereocenters. The van der Waals surface area contributed by atoms with Crippen molar-refractivity contribution in [2.75, 3.05) is 0 Å².